The van der Waals surface area contributed by atoms with Gasteiger partial charge >= 0.3 is 0 Å². The lowest BCUT2D eigenvalue weighted by Gasteiger charge is -2.17. The first-order valence-corrected chi connectivity index (χ1v) is 8.36. The smallest absolute Gasteiger partial charge is 0.222 e. The Bertz CT molecular complexity index is 587. The van der Waals surface area contributed by atoms with E-state index in [2.05, 4.69) is 5.32 Å². The molecule has 0 spiro atoms. The minimum atomic E-state index is 0.128. The van der Waals surface area contributed by atoms with Crippen molar-refractivity contribution in [2.45, 2.75) is 38.1 Å². The number of methoxy groups -OCH3 is 1. The van der Waals surface area contributed by atoms with Crippen molar-refractivity contribution in [2.24, 2.45) is 5.92 Å². The predicted octanol–water partition coefficient (Wildman–Crippen LogP) is 1.75. The van der Waals surface area contributed by atoms with Crippen molar-refractivity contribution in [3.05, 3.63) is 29.8 Å². The Kier molecular flexibility index (Phi) is 4.84. The van der Waals surface area contributed by atoms with Gasteiger partial charge in [0.15, 0.2) is 0 Å². The number of aryl methyl sites for hydroxylation is 1. The van der Waals surface area contributed by atoms with Gasteiger partial charge in [0.05, 0.1) is 13.2 Å². The van der Waals surface area contributed by atoms with Gasteiger partial charge in [0.2, 0.25) is 11.8 Å². The number of carbonyl (C=O) groups excluding carboxylic acids is 2. The van der Waals surface area contributed by atoms with Crippen LogP contribution in [0.1, 0.15) is 31.2 Å². The Morgan fingerprint density at radius 1 is 1.39 bits per heavy atom. The van der Waals surface area contributed by atoms with Crippen LogP contribution in [0.5, 0.6) is 5.75 Å². The quantitative estimate of drug-likeness (QED) is 0.921. The molecule has 1 N–H and O–H groups in total. The monoisotopic (exact) mass is 316 g/mol. The van der Waals surface area contributed by atoms with Crippen LogP contribution in [0.25, 0.3) is 0 Å². The van der Waals surface area contributed by atoms with Gasteiger partial charge in [0.25, 0.3) is 0 Å². The summed E-state index contributed by atoms with van der Waals surface area (Å²) in [4.78, 5) is 26.0. The Hall–Kier alpha value is -2.04. The highest BCUT2D eigenvalue weighted by Crippen LogP contribution is 2.26. The predicted molar refractivity (Wildman–Crippen MR) is 87.2 cm³/mol. The molecule has 0 radical (unpaired) electrons. The number of nitrogens with one attached hydrogen (secondary N) is 1. The fourth-order valence-electron chi connectivity index (χ4n) is 3.57. The summed E-state index contributed by atoms with van der Waals surface area (Å²) < 4.78 is 5.21. The number of amides is 2. The molecule has 0 bridgehead atoms. The van der Waals surface area contributed by atoms with Crippen LogP contribution < -0.4 is 10.1 Å². The highest BCUT2D eigenvalue weighted by Gasteiger charge is 2.36. The Balaban J connectivity index is 1.54. The summed E-state index contributed by atoms with van der Waals surface area (Å²) in [5, 5.41) is 3.07. The van der Waals surface area contributed by atoms with Crippen molar-refractivity contribution in [3.63, 3.8) is 0 Å². The van der Waals surface area contributed by atoms with E-state index in [-0.39, 0.29) is 17.9 Å². The number of fused-ring (bicyclic) bond motifs is 1. The number of hydrogen-bond acceptors (Lipinski definition) is 3. The summed E-state index contributed by atoms with van der Waals surface area (Å²) in [6, 6.07) is 7.99. The number of hydrogen-bond donors (Lipinski definition) is 1. The Labute approximate surface area is 137 Å². The maximum absolute atomic E-state index is 12.5. The SMILES string of the molecule is COc1cccc(CCC(=O)N2C[C@H]3CCCC(=O)N[C@H]3C2)c1. The van der Waals surface area contributed by atoms with Crippen LogP contribution in [0.15, 0.2) is 24.3 Å². The summed E-state index contributed by atoms with van der Waals surface area (Å²) >= 11 is 0. The molecule has 3 rings (SSSR count). The van der Waals surface area contributed by atoms with E-state index in [1.54, 1.807) is 7.11 Å². The van der Waals surface area contributed by atoms with E-state index < -0.39 is 0 Å². The van der Waals surface area contributed by atoms with Crippen LogP contribution in [0.3, 0.4) is 0 Å². The summed E-state index contributed by atoms with van der Waals surface area (Å²) in [5.74, 6) is 1.54. The number of ether oxygens (including phenoxy) is 1. The van der Waals surface area contributed by atoms with E-state index in [0.717, 1.165) is 30.7 Å². The zero-order valence-electron chi connectivity index (χ0n) is 13.6. The van der Waals surface area contributed by atoms with E-state index >= 15 is 0 Å². The first-order valence-electron chi connectivity index (χ1n) is 8.36. The third-order valence-corrected chi connectivity index (χ3v) is 4.88. The number of rotatable bonds is 4. The lowest BCUT2D eigenvalue weighted by Crippen LogP contribution is -2.39. The van der Waals surface area contributed by atoms with E-state index in [9.17, 15) is 9.59 Å². The van der Waals surface area contributed by atoms with Crippen LogP contribution in [-0.4, -0.2) is 43.0 Å². The molecule has 1 aromatic carbocycles. The maximum Gasteiger partial charge on any atom is 0.222 e. The van der Waals surface area contributed by atoms with Crippen LogP contribution in [0.4, 0.5) is 0 Å². The van der Waals surface area contributed by atoms with Crippen molar-refractivity contribution in [1.82, 2.24) is 10.2 Å². The van der Waals surface area contributed by atoms with Gasteiger partial charge in [0.1, 0.15) is 5.75 Å². The molecule has 2 heterocycles. The third-order valence-electron chi connectivity index (χ3n) is 4.88. The molecule has 5 nitrogen and oxygen atoms in total. The van der Waals surface area contributed by atoms with Gasteiger partial charge in [-0.2, -0.15) is 0 Å². The lowest BCUT2D eigenvalue weighted by molar-refractivity contribution is -0.130. The van der Waals surface area contributed by atoms with Crippen LogP contribution >= 0.6 is 0 Å². The normalized spacial score (nSPS) is 23.9. The molecule has 124 valence electrons. The minimum Gasteiger partial charge on any atom is -0.497 e. The molecule has 0 aromatic heterocycles. The highest BCUT2D eigenvalue weighted by molar-refractivity contribution is 5.78. The first kappa shape index (κ1) is 15.8. The zero-order chi connectivity index (χ0) is 16.2. The molecule has 0 saturated carbocycles. The lowest BCUT2D eigenvalue weighted by atomic mass is 9.99. The van der Waals surface area contributed by atoms with E-state index in [0.29, 0.717) is 31.7 Å². The van der Waals surface area contributed by atoms with Gasteiger partial charge in [-0.25, -0.2) is 0 Å². The number of benzene rings is 1. The summed E-state index contributed by atoms with van der Waals surface area (Å²) in [7, 11) is 1.65. The van der Waals surface area contributed by atoms with E-state index in [1.807, 2.05) is 29.2 Å². The summed E-state index contributed by atoms with van der Waals surface area (Å²) in [6.45, 7) is 1.44. The number of likely N-dealkylation sites (tertiary alicyclic amines) is 1. The topological polar surface area (TPSA) is 58.6 Å². The van der Waals surface area contributed by atoms with Gasteiger partial charge in [-0.1, -0.05) is 12.1 Å². The van der Waals surface area contributed by atoms with Crippen LogP contribution in [0, 0.1) is 5.92 Å². The molecule has 2 aliphatic rings. The standard InChI is InChI=1S/C18H24N2O3/c1-23-15-6-2-4-13(10-15)8-9-18(22)20-11-14-5-3-7-17(21)19-16(14)12-20/h2,4,6,10,14,16H,3,5,7-9,11-12H2,1H3,(H,19,21)/t14-,16+/m1/s1. The van der Waals surface area contributed by atoms with Gasteiger partial charge in [0, 0.05) is 25.9 Å². The second-order valence-corrected chi connectivity index (χ2v) is 6.48. The van der Waals surface area contributed by atoms with E-state index in [1.165, 1.54) is 0 Å². The molecule has 1 aromatic rings. The zero-order valence-corrected chi connectivity index (χ0v) is 13.6. The highest BCUT2D eigenvalue weighted by atomic mass is 16.5. The van der Waals surface area contributed by atoms with Crippen LogP contribution in [-0.2, 0) is 16.0 Å². The molecule has 0 aliphatic carbocycles. The van der Waals surface area contributed by atoms with Crippen molar-refractivity contribution in [2.75, 3.05) is 20.2 Å². The molecule has 2 fully saturated rings. The average molecular weight is 316 g/mol. The van der Waals surface area contributed by atoms with Crippen molar-refractivity contribution >= 4 is 11.8 Å². The minimum absolute atomic E-state index is 0.128. The molecule has 23 heavy (non-hydrogen) atoms. The van der Waals surface area contributed by atoms with Gasteiger partial charge in [-0.3, -0.25) is 9.59 Å². The number of nitrogens with zero attached hydrogens (tertiary/aromatic N) is 1. The van der Waals surface area contributed by atoms with Crippen molar-refractivity contribution in [3.8, 4) is 5.75 Å². The van der Waals surface area contributed by atoms with Crippen LogP contribution in [0.2, 0.25) is 0 Å². The van der Waals surface area contributed by atoms with Gasteiger partial charge < -0.3 is 15.0 Å². The average Bonchev–Trinajstić information content (AvgIpc) is 2.87. The second-order valence-electron chi connectivity index (χ2n) is 6.48. The van der Waals surface area contributed by atoms with E-state index in [4.69, 9.17) is 4.74 Å². The third kappa shape index (κ3) is 3.84. The summed E-state index contributed by atoms with van der Waals surface area (Å²) in [5.41, 5.74) is 1.11. The Morgan fingerprint density at radius 2 is 2.26 bits per heavy atom. The fourth-order valence-corrected chi connectivity index (χ4v) is 3.57. The van der Waals surface area contributed by atoms with Gasteiger partial charge in [-0.05, 0) is 42.9 Å². The van der Waals surface area contributed by atoms with Crippen molar-refractivity contribution < 1.29 is 14.3 Å². The second kappa shape index (κ2) is 7.02. The molecule has 2 aliphatic heterocycles. The molecular formula is C18H24N2O3. The maximum atomic E-state index is 12.5. The van der Waals surface area contributed by atoms with Gasteiger partial charge in [-0.15, -0.1) is 0 Å². The largest absolute Gasteiger partial charge is 0.497 e. The fraction of sp³-hybridized carbons (Fsp3) is 0.556. The first-order chi connectivity index (χ1) is 11.2. The molecule has 5 heteroatoms. The summed E-state index contributed by atoms with van der Waals surface area (Å²) in [6.07, 6.45) is 3.80. The molecule has 2 saturated heterocycles. The molecule has 2 amide bonds. The molecular weight excluding hydrogens is 292 g/mol. The molecule has 2 atom stereocenters. The Morgan fingerprint density at radius 3 is 3.09 bits per heavy atom. The molecule has 0 unspecified atom stereocenters. The number of carbonyl (C=O) groups is 2. The van der Waals surface area contributed by atoms with Crippen molar-refractivity contribution in [1.29, 1.82) is 0 Å².